The van der Waals surface area contributed by atoms with Crippen LogP contribution in [0.2, 0.25) is 0 Å². The maximum Gasteiger partial charge on any atom is 0.338 e. The summed E-state index contributed by atoms with van der Waals surface area (Å²) in [7, 11) is 1.20. The molecule has 0 aromatic heterocycles. The Morgan fingerprint density at radius 1 is 1.60 bits per heavy atom. The Morgan fingerprint density at radius 2 is 2.27 bits per heavy atom. The Hall–Kier alpha value is -2.07. The molecule has 0 heterocycles. The summed E-state index contributed by atoms with van der Waals surface area (Å²) < 4.78 is 17.6. The number of benzene rings is 1. The average Bonchev–Trinajstić information content (AvgIpc) is 2.22. The van der Waals surface area contributed by atoms with Gasteiger partial charge in [-0.1, -0.05) is 5.11 Å². The fourth-order valence-corrected chi connectivity index (χ4v) is 1.08. The standard InChI is InChI=1S/C9H8FN3O2/c1-5-3-6(9(14)15-2)8(12-13-11)4-7(5)10/h3-4H,1-2H3. The quantitative estimate of drug-likeness (QED) is 0.325. The Labute approximate surface area is 85.1 Å². The lowest BCUT2D eigenvalue weighted by Gasteiger charge is -2.05. The van der Waals surface area contributed by atoms with Gasteiger partial charge in [0.1, 0.15) is 5.82 Å². The smallest absolute Gasteiger partial charge is 0.338 e. The maximum absolute atomic E-state index is 13.1. The molecular formula is C9H8FN3O2. The first-order valence-corrected chi connectivity index (χ1v) is 4.03. The number of carbonyl (C=O) groups is 1. The molecule has 0 aliphatic carbocycles. The molecule has 15 heavy (non-hydrogen) atoms. The fourth-order valence-electron chi connectivity index (χ4n) is 1.08. The molecule has 0 saturated heterocycles. The van der Waals surface area contributed by atoms with Crippen molar-refractivity contribution in [3.05, 3.63) is 39.5 Å². The van der Waals surface area contributed by atoms with Crippen LogP contribution >= 0.6 is 0 Å². The van der Waals surface area contributed by atoms with E-state index in [0.717, 1.165) is 6.07 Å². The van der Waals surface area contributed by atoms with Crippen molar-refractivity contribution in [2.75, 3.05) is 7.11 Å². The third kappa shape index (κ3) is 2.24. The molecule has 0 amide bonds. The molecule has 0 atom stereocenters. The number of ether oxygens (including phenoxy) is 1. The second-order valence-corrected chi connectivity index (χ2v) is 2.80. The summed E-state index contributed by atoms with van der Waals surface area (Å²) in [5.74, 6) is -1.20. The number of nitrogens with zero attached hydrogens (tertiary/aromatic N) is 3. The molecule has 0 saturated carbocycles. The van der Waals surface area contributed by atoms with Gasteiger partial charge in [-0.25, -0.2) is 9.18 Å². The fraction of sp³-hybridized carbons (Fsp3) is 0.222. The minimum absolute atomic E-state index is 0.0502. The molecule has 78 valence electrons. The molecule has 6 heteroatoms. The molecular weight excluding hydrogens is 201 g/mol. The molecule has 0 aliphatic rings. The van der Waals surface area contributed by atoms with Gasteiger partial charge in [-0.2, -0.15) is 0 Å². The lowest BCUT2D eigenvalue weighted by molar-refractivity contribution is 0.0601. The van der Waals surface area contributed by atoms with E-state index in [-0.39, 0.29) is 16.8 Å². The summed E-state index contributed by atoms with van der Waals surface area (Å²) in [4.78, 5) is 13.7. The van der Waals surface area contributed by atoms with Gasteiger partial charge in [0.05, 0.1) is 18.4 Å². The van der Waals surface area contributed by atoms with E-state index in [1.807, 2.05) is 0 Å². The number of hydrogen-bond donors (Lipinski definition) is 0. The summed E-state index contributed by atoms with van der Waals surface area (Å²) in [6.45, 7) is 1.50. The zero-order chi connectivity index (χ0) is 11.4. The van der Waals surface area contributed by atoms with Gasteiger partial charge in [0.25, 0.3) is 0 Å². The minimum Gasteiger partial charge on any atom is -0.465 e. The summed E-state index contributed by atoms with van der Waals surface area (Å²) in [6.07, 6.45) is 0. The first-order chi connectivity index (χ1) is 7.10. The monoisotopic (exact) mass is 209 g/mol. The second kappa shape index (κ2) is 4.43. The van der Waals surface area contributed by atoms with Crippen LogP contribution in [0.4, 0.5) is 10.1 Å². The van der Waals surface area contributed by atoms with Crippen molar-refractivity contribution in [3.63, 3.8) is 0 Å². The van der Waals surface area contributed by atoms with Gasteiger partial charge >= 0.3 is 5.97 Å². The van der Waals surface area contributed by atoms with E-state index in [4.69, 9.17) is 5.53 Å². The third-order valence-corrected chi connectivity index (χ3v) is 1.83. The van der Waals surface area contributed by atoms with E-state index in [1.165, 1.54) is 20.1 Å². The predicted octanol–water partition coefficient (Wildman–Crippen LogP) is 2.86. The molecule has 0 radical (unpaired) electrons. The molecule has 0 unspecified atom stereocenters. The van der Waals surface area contributed by atoms with E-state index in [9.17, 15) is 9.18 Å². The van der Waals surface area contributed by atoms with Gasteiger partial charge in [0.15, 0.2) is 0 Å². The van der Waals surface area contributed by atoms with Gasteiger partial charge in [-0.15, -0.1) is 0 Å². The summed E-state index contributed by atoms with van der Waals surface area (Å²) in [5, 5.41) is 3.22. The Bertz CT molecular complexity index is 453. The predicted molar refractivity (Wildman–Crippen MR) is 51.3 cm³/mol. The highest BCUT2D eigenvalue weighted by Crippen LogP contribution is 2.24. The van der Waals surface area contributed by atoms with Gasteiger partial charge in [0, 0.05) is 4.91 Å². The van der Waals surface area contributed by atoms with E-state index in [2.05, 4.69) is 14.8 Å². The van der Waals surface area contributed by atoms with Crippen LogP contribution in [0.15, 0.2) is 17.2 Å². The highest BCUT2D eigenvalue weighted by Gasteiger charge is 2.13. The number of rotatable bonds is 2. The number of carbonyl (C=O) groups excluding carboxylic acids is 1. The first-order valence-electron chi connectivity index (χ1n) is 4.03. The number of hydrogen-bond acceptors (Lipinski definition) is 3. The highest BCUT2D eigenvalue weighted by molar-refractivity contribution is 5.95. The molecule has 1 aromatic carbocycles. The Kier molecular flexibility index (Phi) is 3.25. The van der Waals surface area contributed by atoms with Crippen LogP contribution in [0, 0.1) is 12.7 Å². The van der Waals surface area contributed by atoms with Crippen LogP contribution in [-0.4, -0.2) is 13.1 Å². The average molecular weight is 209 g/mol. The third-order valence-electron chi connectivity index (χ3n) is 1.83. The van der Waals surface area contributed by atoms with Crippen LogP contribution in [0.1, 0.15) is 15.9 Å². The first kappa shape index (κ1) is 11.0. The molecule has 0 spiro atoms. The van der Waals surface area contributed by atoms with Crippen molar-refractivity contribution in [2.24, 2.45) is 5.11 Å². The van der Waals surface area contributed by atoms with Crippen molar-refractivity contribution in [2.45, 2.75) is 6.92 Å². The SMILES string of the molecule is COC(=O)c1cc(C)c(F)cc1N=[N+]=[N-]. The van der Waals surface area contributed by atoms with Gasteiger partial charge in [0.2, 0.25) is 0 Å². The molecule has 1 aromatic rings. The number of halogens is 1. The number of esters is 1. The second-order valence-electron chi connectivity index (χ2n) is 2.80. The molecule has 0 fully saturated rings. The van der Waals surface area contributed by atoms with Gasteiger partial charge < -0.3 is 4.74 Å². The Balaban J connectivity index is 3.40. The van der Waals surface area contributed by atoms with Crippen molar-refractivity contribution in [1.82, 2.24) is 0 Å². The molecule has 0 N–H and O–H groups in total. The molecule has 5 nitrogen and oxygen atoms in total. The number of azide groups is 1. The zero-order valence-electron chi connectivity index (χ0n) is 8.19. The summed E-state index contributed by atoms with van der Waals surface area (Å²) in [6, 6.07) is 2.28. The van der Waals surface area contributed by atoms with Crippen LogP contribution in [0.5, 0.6) is 0 Å². The summed E-state index contributed by atoms with van der Waals surface area (Å²) in [5.41, 5.74) is 8.50. The number of methoxy groups -OCH3 is 1. The van der Waals surface area contributed by atoms with E-state index in [0.29, 0.717) is 0 Å². The van der Waals surface area contributed by atoms with E-state index in [1.54, 1.807) is 0 Å². The molecule has 1 rings (SSSR count). The van der Waals surface area contributed by atoms with Crippen LogP contribution in [0.3, 0.4) is 0 Å². The van der Waals surface area contributed by atoms with Crippen LogP contribution in [-0.2, 0) is 4.74 Å². The molecule has 0 aliphatic heterocycles. The minimum atomic E-state index is -0.666. The van der Waals surface area contributed by atoms with Crippen molar-refractivity contribution < 1.29 is 13.9 Å². The van der Waals surface area contributed by atoms with Crippen LogP contribution in [0.25, 0.3) is 10.4 Å². The zero-order valence-corrected chi connectivity index (χ0v) is 8.19. The topological polar surface area (TPSA) is 75.1 Å². The maximum atomic E-state index is 13.1. The van der Waals surface area contributed by atoms with Crippen molar-refractivity contribution in [3.8, 4) is 0 Å². The van der Waals surface area contributed by atoms with Gasteiger partial charge in [-0.05, 0) is 30.2 Å². The molecule has 0 bridgehead atoms. The van der Waals surface area contributed by atoms with E-state index < -0.39 is 11.8 Å². The van der Waals surface area contributed by atoms with Gasteiger partial charge in [-0.3, -0.25) is 0 Å². The summed E-state index contributed by atoms with van der Waals surface area (Å²) >= 11 is 0. The largest absolute Gasteiger partial charge is 0.465 e. The highest BCUT2D eigenvalue weighted by atomic mass is 19.1. The van der Waals surface area contributed by atoms with Crippen molar-refractivity contribution in [1.29, 1.82) is 0 Å². The lowest BCUT2D eigenvalue weighted by atomic mass is 10.1. The normalized spacial score (nSPS) is 9.27. The lowest BCUT2D eigenvalue weighted by Crippen LogP contribution is -2.02. The van der Waals surface area contributed by atoms with Crippen LogP contribution < -0.4 is 0 Å². The van der Waals surface area contributed by atoms with Crippen molar-refractivity contribution >= 4 is 11.7 Å². The van der Waals surface area contributed by atoms with E-state index >= 15 is 0 Å². The number of aryl methyl sites for hydroxylation is 1. The Morgan fingerprint density at radius 3 is 2.80 bits per heavy atom.